The van der Waals surface area contributed by atoms with Crippen LogP contribution in [0.3, 0.4) is 0 Å². The monoisotopic (exact) mass is 331 g/mol. The van der Waals surface area contributed by atoms with Crippen molar-refractivity contribution in [1.82, 2.24) is 0 Å². The zero-order valence-corrected chi connectivity index (χ0v) is 11.3. The summed E-state index contributed by atoms with van der Waals surface area (Å²) in [4.78, 5) is 22.5. The molecule has 102 valence electrons. The highest BCUT2D eigenvalue weighted by atomic mass is 79.9. The third kappa shape index (κ3) is 3.30. The van der Waals surface area contributed by atoms with Crippen molar-refractivity contribution < 1.29 is 23.8 Å². The fraction of sp³-hybridized carbons (Fsp3) is 0.333. The van der Waals surface area contributed by atoms with E-state index in [0.29, 0.717) is 10.9 Å². The summed E-state index contributed by atoms with van der Waals surface area (Å²) >= 11 is 3.17. The lowest BCUT2D eigenvalue weighted by Gasteiger charge is -2.12. The van der Waals surface area contributed by atoms with E-state index in [4.69, 9.17) is 9.84 Å². The first kappa shape index (κ1) is 14.0. The molecule has 0 spiro atoms. The smallest absolute Gasteiger partial charge is 0.332 e. The Hall–Kier alpha value is -1.47. The molecule has 1 aromatic carbocycles. The minimum atomic E-state index is -1.09. The van der Waals surface area contributed by atoms with E-state index in [1.54, 1.807) is 0 Å². The van der Waals surface area contributed by atoms with E-state index in [0.717, 1.165) is 0 Å². The number of rotatable bonds is 3. The van der Waals surface area contributed by atoms with E-state index >= 15 is 0 Å². The molecule has 2 atom stereocenters. The summed E-state index contributed by atoms with van der Waals surface area (Å²) in [6, 6.07) is 4.16. The van der Waals surface area contributed by atoms with Gasteiger partial charge in [-0.2, -0.15) is 0 Å². The molecule has 1 heterocycles. The Labute approximate surface area is 116 Å². The Balaban J connectivity index is 2.02. The maximum Gasteiger partial charge on any atom is 0.332 e. The number of halogens is 2. The Morgan fingerprint density at radius 1 is 1.37 bits per heavy atom. The number of anilines is 1. The first-order valence-corrected chi connectivity index (χ1v) is 6.41. The number of amides is 1. The third-order valence-corrected chi connectivity index (χ3v) is 3.27. The average Bonchev–Trinajstić information content (AvgIpc) is 2.83. The van der Waals surface area contributed by atoms with Gasteiger partial charge in [-0.1, -0.05) is 15.9 Å². The van der Waals surface area contributed by atoms with Gasteiger partial charge >= 0.3 is 5.97 Å². The van der Waals surface area contributed by atoms with E-state index < -0.39 is 29.9 Å². The third-order valence-electron chi connectivity index (χ3n) is 2.77. The van der Waals surface area contributed by atoms with Crippen LogP contribution < -0.4 is 5.32 Å². The molecule has 1 aliphatic heterocycles. The molecule has 2 N–H and O–H groups in total. The van der Waals surface area contributed by atoms with Gasteiger partial charge in [0.15, 0.2) is 6.10 Å². The molecule has 2 rings (SSSR count). The summed E-state index contributed by atoms with van der Waals surface area (Å²) in [7, 11) is 0. The van der Waals surface area contributed by atoms with Crippen LogP contribution in [0, 0.1) is 5.82 Å². The van der Waals surface area contributed by atoms with Gasteiger partial charge in [-0.15, -0.1) is 0 Å². The van der Waals surface area contributed by atoms with Crippen molar-refractivity contribution in [2.45, 2.75) is 25.0 Å². The van der Waals surface area contributed by atoms with E-state index in [-0.39, 0.29) is 12.1 Å². The van der Waals surface area contributed by atoms with Gasteiger partial charge in [0.1, 0.15) is 11.9 Å². The molecule has 0 aliphatic carbocycles. The summed E-state index contributed by atoms with van der Waals surface area (Å²) < 4.78 is 19.2. The van der Waals surface area contributed by atoms with Crippen LogP contribution >= 0.6 is 15.9 Å². The van der Waals surface area contributed by atoms with Crippen LogP contribution in [-0.2, 0) is 14.3 Å². The predicted octanol–water partition coefficient (Wildman–Crippen LogP) is 2.16. The molecule has 0 saturated carbocycles. The van der Waals surface area contributed by atoms with Crippen molar-refractivity contribution in [3.63, 3.8) is 0 Å². The van der Waals surface area contributed by atoms with Crippen LogP contribution in [0.1, 0.15) is 12.8 Å². The highest BCUT2D eigenvalue weighted by molar-refractivity contribution is 9.10. The molecule has 1 aliphatic rings. The molecule has 0 radical (unpaired) electrons. The van der Waals surface area contributed by atoms with Crippen LogP contribution in [0.5, 0.6) is 0 Å². The number of benzene rings is 1. The molecule has 0 bridgehead atoms. The second-order valence-corrected chi connectivity index (χ2v) is 5.06. The van der Waals surface area contributed by atoms with Gasteiger partial charge in [0, 0.05) is 4.47 Å². The van der Waals surface area contributed by atoms with Crippen molar-refractivity contribution >= 4 is 33.5 Å². The fourth-order valence-electron chi connectivity index (χ4n) is 1.82. The second kappa shape index (κ2) is 5.66. The lowest BCUT2D eigenvalue weighted by Crippen LogP contribution is -2.30. The van der Waals surface area contributed by atoms with Crippen LogP contribution in [-0.4, -0.2) is 29.2 Å². The Bertz CT molecular complexity index is 522. The Morgan fingerprint density at radius 2 is 2.05 bits per heavy atom. The van der Waals surface area contributed by atoms with Crippen molar-refractivity contribution in [2.75, 3.05) is 5.32 Å². The van der Waals surface area contributed by atoms with Gasteiger partial charge in [-0.05, 0) is 31.0 Å². The number of hydrogen-bond acceptors (Lipinski definition) is 3. The standard InChI is InChI=1S/C12H11BrFNO4/c13-6-1-2-7(14)8(5-6)15-11(16)9-3-4-10(19-9)12(17)18/h1-2,5,9-10H,3-4H2,(H,15,16)(H,17,18)/t9-,10+/m0/s1. The van der Waals surface area contributed by atoms with Crippen LogP contribution in [0.4, 0.5) is 10.1 Å². The average molecular weight is 332 g/mol. The summed E-state index contributed by atoms with van der Waals surface area (Å²) in [5.41, 5.74) is 0.0294. The van der Waals surface area contributed by atoms with Crippen molar-refractivity contribution in [1.29, 1.82) is 0 Å². The van der Waals surface area contributed by atoms with E-state index in [1.807, 2.05) is 0 Å². The highest BCUT2D eigenvalue weighted by Crippen LogP contribution is 2.24. The van der Waals surface area contributed by atoms with Crippen molar-refractivity contribution in [3.05, 3.63) is 28.5 Å². The molecule has 7 heteroatoms. The number of nitrogens with one attached hydrogen (secondary N) is 1. The van der Waals surface area contributed by atoms with Gasteiger partial charge < -0.3 is 15.2 Å². The lowest BCUT2D eigenvalue weighted by atomic mass is 10.2. The van der Waals surface area contributed by atoms with Crippen molar-refractivity contribution in [3.8, 4) is 0 Å². The topological polar surface area (TPSA) is 75.6 Å². The van der Waals surface area contributed by atoms with Crippen LogP contribution in [0.15, 0.2) is 22.7 Å². The molecule has 1 saturated heterocycles. The number of ether oxygens (including phenoxy) is 1. The maximum absolute atomic E-state index is 13.5. The summed E-state index contributed by atoms with van der Waals surface area (Å²) in [6.07, 6.45) is -1.25. The van der Waals surface area contributed by atoms with Gasteiger partial charge in [0.05, 0.1) is 5.69 Å². The molecule has 5 nitrogen and oxygen atoms in total. The Kier molecular flexibility index (Phi) is 4.16. The zero-order chi connectivity index (χ0) is 14.0. The summed E-state index contributed by atoms with van der Waals surface area (Å²) in [5, 5.41) is 11.2. The maximum atomic E-state index is 13.5. The molecular weight excluding hydrogens is 321 g/mol. The van der Waals surface area contributed by atoms with Gasteiger partial charge in [0.2, 0.25) is 0 Å². The molecule has 0 unspecified atom stereocenters. The van der Waals surface area contributed by atoms with Gasteiger partial charge in [0.25, 0.3) is 5.91 Å². The molecule has 1 aromatic rings. The predicted molar refractivity (Wildman–Crippen MR) is 68.3 cm³/mol. The van der Waals surface area contributed by atoms with Crippen LogP contribution in [0.2, 0.25) is 0 Å². The SMILES string of the molecule is O=C(Nc1cc(Br)ccc1F)[C@@H]1CC[C@H](C(=O)O)O1. The molecule has 1 amide bonds. The first-order valence-electron chi connectivity index (χ1n) is 5.61. The van der Waals surface area contributed by atoms with Crippen LogP contribution in [0.25, 0.3) is 0 Å². The number of carboxylic acids is 1. The minimum Gasteiger partial charge on any atom is -0.479 e. The number of aliphatic carboxylic acids is 1. The van der Waals surface area contributed by atoms with Gasteiger partial charge in [-0.25, -0.2) is 9.18 Å². The number of hydrogen-bond donors (Lipinski definition) is 2. The van der Waals surface area contributed by atoms with Crippen molar-refractivity contribution in [2.24, 2.45) is 0 Å². The highest BCUT2D eigenvalue weighted by Gasteiger charge is 2.34. The fourth-order valence-corrected chi connectivity index (χ4v) is 2.18. The second-order valence-electron chi connectivity index (χ2n) is 4.14. The quantitative estimate of drug-likeness (QED) is 0.889. The Morgan fingerprint density at radius 3 is 2.68 bits per heavy atom. The number of carbonyl (C=O) groups is 2. The van der Waals surface area contributed by atoms with E-state index in [9.17, 15) is 14.0 Å². The first-order chi connectivity index (χ1) is 8.97. The van der Waals surface area contributed by atoms with Gasteiger partial charge in [-0.3, -0.25) is 4.79 Å². The van der Waals surface area contributed by atoms with E-state index in [2.05, 4.69) is 21.2 Å². The zero-order valence-electron chi connectivity index (χ0n) is 9.73. The summed E-state index contributed by atoms with van der Waals surface area (Å²) in [5.74, 6) is -2.20. The largest absolute Gasteiger partial charge is 0.479 e. The number of carboxylic acid groups (broad SMARTS) is 1. The number of carbonyl (C=O) groups excluding carboxylic acids is 1. The minimum absolute atomic E-state index is 0.0294. The molecule has 1 fully saturated rings. The lowest BCUT2D eigenvalue weighted by molar-refractivity contribution is -0.150. The molecule has 19 heavy (non-hydrogen) atoms. The van der Waals surface area contributed by atoms with E-state index in [1.165, 1.54) is 18.2 Å². The normalized spacial score (nSPS) is 22.2. The molecule has 0 aromatic heterocycles. The molecular formula is C12H11BrFNO4. The summed E-state index contributed by atoms with van der Waals surface area (Å²) in [6.45, 7) is 0.